The molecule has 0 aromatic rings. The Hall–Kier alpha value is -0.980. The lowest BCUT2D eigenvalue weighted by Crippen LogP contribution is -2.08. The molecule has 0 aromatic carbocycles. The van der Waals surface area contributed by atoms with Crippen LogP contribution in [0.15, 0.2) is 36.6 Å². The molecule has 1 rings (SSSR count). The quantitative estimate of drug-likeness (QED) is 0.473. The van der Waals surface area contributed by atoms with Crippen molar-refractivity contribution < 1.29 is 4.74 Å². The minimum Gasteiger partial charge on any atom is -0.497 e. The van der Waals surface area contributed by atoms with Crippen LogP contribution in [0.2, 0.25) is 0 Å². The Bertz CT molecular complexity index is 225. The molecule has 0 bridgehead atoms. The van der Waals surface area contributed by atoms with E-state index in [-0.39, 0.29) is 0 Å². The number of rotatable bonds is 4. The van der Waals surface area contributed by atoms with E-state index in [0.29, 0.717) is 12.5 Å². The number of hydrogen-bond donors (Lipinski definition) is 0. The molecule has 0 unspecified atom stereocenters. The maximum atomic E-state index is 5.14. The molecule has 1 atom stereocenters. The topological polar surface area (TPSA) is 9.23 Å². The van der Waals surface area contributed by atoms with E-state index in [1.165, 1.54) is 23.8 Å². The third-order valence-corrected chi connectivity index (χ3v) is 2.59. The van der Waals surface area contributed by atoms with Gasteiger partial charge in [-0.05, 0) is 37.7 Å². The van der Waals surface area contributed by atoms with Crippen LogP contribution in [0, 0.1) is 5.92 Å². The maximum absolute atomic E-state index is 5.14. The number of allylic oxidation sites excluding steroid dienone is 2. The van der Waals surface area contributed by atoms with Crippen LogP contribution in [0.5, 0.6) is 0 Å². The summed E-state index contributed by atoms with van der Waals surface area (Å²) < 4.78 is 5.14. The monoisotopic (exact) mass is 178 g/mol. The molecule has 13 heavy (non-hydrogen) atoms. The number of ether oxygens (including phenoxy) is 1. The van der Waals surface area contributed by atoms with Gasteiger partial charge in [-0.1, -0.05) is 24.8 Å². The van der Waals surface area contributed by atoms with Gasteiger partial charge in [0.15, 0.2) is 0 Å². The lowest BCUT2D eigenvalue weighted by molar-refractivity contribution is 0.273. The van der Waals surface area contributed by atoms with E-state index in [4.69, 9.17) is 4.74 Å². The Morgan fingerprint density at radius 3 is 3.00 bits per heavy atom. The predicted molar refractivity (Wildman–Crippen MR) is 56.4 cm³/mol. The van der Waals surface area contributed by atoms with Gasteiger partial charge in [0.1, 0.15) is 6.61 Å². The second-order valence-electron chi connectivity index (χ2n) is 3.66. The average Bonchev–Trinajstić information content (AvgIpc) is 2.15. The highest BCUT2D eigenvalue weighted by Gasteiger charge is 2.14. The zero-order chi connectivity index (χ0) is 9.68. The summed E-state index contributed by atoms with van der Waals surface area (Å²) in [5.74, 6) is 0.687. The molecule has 1 aliphatic carbocycles. The molecule has 1 aliphatic rings. The molecule has 0 aromatic heterocycles. The van der Waals surface area contributed by atoms with Gasteiger partial charge in [0, 0.05) is 0 Å². The van der Waals surface area contributed by atoms with Crippen LogP contribution in [0.25, 0.3) is 0 Å². The predicted octanol–water partition coefficient (Wildman–Crippen LogP) is 3.45. The molecule has 72 valence electrons. The Balaban J connectivity index is 2.38. The molecule has 0 fully saturated rings. The summed E-state index contributed by atoms with van der Waals surface area (Å²) in [7, 11) is 0. The number of hydrogen-bond acceptors (Lipinski definition) is 1. The fourth-order valence-corrected chi connectivity index (χ4v) is 1.63. The average molecular weight is 178 g/mol. The molecule has 0 spiro atoms. The van der Waals surface area contributed by atoms with Crippen molar-refractivity contribution in [2.24, 2.45) is 5.92 Å². The van der Waals surface area contributed by atoms with Gasteiger partial charge in [-0.3, -0.25) is 0 Å². The van der Waals surface area contributed by atoms with Crippen molar-refractivity contribution in [2.45, 2.75) is 26.2 Å². The van der Waals surface area contributed by atoms with Crippen molar-refractivity contribution in [1.29, 1.82) is 0 Å². The van der Waals surface area contributed by atoms with Gasteiger partial charge in [0.25, 0.3) is 0 Å². The lowest BCUT2D eigenvalue weighted by Gasteiger charge is -2.21. The van der Waals surface area contributed by atoms with Crippen LogP contribution in [0.1, 0.15) is 26.2 Å². The molecule has 1 heteroatoms. The second-order valence-corrected chi connectivity index (χ2v) is 3.66. The summed E-state index contributed by atoms with van der Waals surface area (Å²) in [6, 6.07) is 0. The van der Waals surface area contributed by atoms with Gasteiger partial charge in [-0.2, -0.15) is 0 Å². The first-order valence-electron chi connectivity index (χ1n) is 4.80. The fraction of sp³-hybridized carbons (Fsp3) is 0.500. The molecule has 0 radical (unpaired) electrons. The molecule has 0 aliphatic heterocycles. The van der Waals surface area contributed by atoms with Crippen LogP contribution in [-0.4, -0.2) is 6.61 Å². The minimum absolute atomic E-state index is 0.687. The summed E-state index contributed by atoms with van der Waals surface area (Å²) in [6.07, 6.45) is 7.29. The summed E-state index contributed by atoms with van der Waals surface area (Å²) in [4.78, 5) is 0. The van der Waals surface area contributed by atoms with E-state index in [2.05, 4.69) is 26.2 Å². The van der Waals surface area contributed by atoms with Gasteiger partial charge in [0.2, 0.25) is 0 Å². The third kappa shape index (κ3) is 3.10. The molecule has 0 saturated heterocycles. The van der Waals surface area contributed by atoms with Crippen molar-refractivity contribution >= 4 is 0 Å². The van der Waals surface area contributed by atoms with Crippen LogP contribution >= 0.6 is 0 Å². The van der Waals surface area contributed by atoms with E-state index in [0.717, 1.165) is 12.8 Å². The zero-order valence-electron chi connectivity index (χ0n) is 8.38. The Kier molecular flexibility index (Phi) is 3.81. The minimum atomic E-state index is 0.687. The largest absolute Gasteiger partial charge is 0.497 e. The first kappa shape index (κ1) is 10.1. The molecule has 1 nitrogen and oxygen atoms in total. The highest BCUT2D eigenvalue weighted by atomic mass is 16.5. The normalized spacial score (nSPS) is 21.9. The molecular formula is C12H18O. The highest BCUT2D eigenvalue weighted by Crippen LogP contribution is 2.28. The zero-order valence-corrected chi connectivity index (χ0v) is 8.38. The third-order valence-electron chi connectivity index (χ3n) is 2.59. The van der Waals surface area contributed by atoms with Crippen LogP contribution in [0.3, 0.4) is 0 Å². The molecular weight excluding hydrogens is 160 g/mol. The lowest BCUT2D eigenvalue weighted by atomic mass is 9.86. The van der Waals surface area contributed by atoms with Crippen molar-refractivity contribution in [3.05, 3.63) is 36.6 Å². The van der Waals surface area contributed by atoms with Crippen molar-refractivity contribution in [3.8, 4) is 0 Å². The van der Waals surface area contributed by atoms with Gasteiger partial charge in [-0.15, -0.1) is 0 Å². The fourth-order valence-electron chi connectivity index (χ4n) is 1.63. The second kappa shape index (κ2) is 4.90. The van der Waals surface area contributed by atoms with Gasteiger partial charge in [0.05, 0.1) is 6.26 Å². The van der Waals surface area contributed by atoms with Crippen LogP contribution in [-0.2, 0) is 4.74 Å². The smallest absolute Gasteiger partial charge is 0.108 e. The van der Waals surface area contributed by atoms with Crippen molar-refractivity contribution in [1.82, 2.24) is 0 Å². The van der Waals surface area contributed by atoms with Gasteiger partial charge >= 0.3 is 0 Å². The summed E-state index contributed by atoms with van der Waals surface area (Å²) in [5, 5.41) is 0. The molecule has 0 N–H and O–H groups in total. The first-order valence-corrected chi connectivity index (χ1v) is 4.80. The standard InChI is InChI=1S/C12H18O/c1-4-13-9-11-5-7-12(8-6-11)10(2)3/h4-5,12H,1-2,6-9H2,3H3/t12-/m1/s1. The maximum Gasteiger partial charge on any atom is 0.108 e. The SMILES string of the molecule is C=COCC1=CC[C@@H](C(=C)C)CC1. The molecule has 0 amide bonds. The van der Waals surface area contributed by atoms with E-state index < -0.39 is 0 Å². The molecule has 0 saturated carbocycles. The van der Waals surface area contributed by atoms with E-state index >= 15 is 0 Å². The Morgan fingerprint density at radius 1 is 1.77 bits per heavy atom. The van der Waals surface area contributed by atoms with Gasteiger partial charge < -0.3 is 4.74 Å². The molecule has 0 heterocycles. The van der Waals surface area contributed by atoms with Gasteiger partial charge in [-0.25, -0.2) is 0 Å². The summed E-state index contributed by atoms with van der Waals surface area (Å²) in [6.45, 7) is 10.3. The highest BCUT2D eigenvalue weighted by molar-refractivity contribution is 5.12. The van der Waals surface area contributed by atoms with Crippen LogP contribution < -0.4 is 0 Å². The summed E-state index contributed by atoms with van der Waals surface area (Å²) >= 11 is 0. The van der Waals surface area contributed by atoms with Crippen molar-refractivity contribution in [2.75, 3.05) is 6.61 Å². The first-order chi connectivity index (χ1) is 6.24. The summed E-state index contributed by atoms with van der Waals surface area (Å²) in [5.41, 5.74) is 2.71. The van der Waals surface area contributed by atoms with Crippen molar-refractivity contribution in [3.63, 3.8) is 0 Å². The Labute approximate surface area is 80.8 Å². The van der Waals surface area contributed by atoms with E-state index in [1.54, 1.807) is 0 Å². The van der Waals surface area contributed by atoms with Crippen LogP contribution in [0.4, 0.5) is 0 Å². The van der Waals surface area contributed by atoms with E-state index in [9.17, 15) is 0 Å². The van der Waals surface area contributed by atoms with E-state index in [1.807, 2.05) is 0 Å². The Morgan fingerprint density at radius 2 is 2.54 bits per heavy atom.